The highest BCUT2D eigenvalue weighted by Gasteiger charge is 2.53. The van der Waals surface area contributed by atoms with E-state index in [1.54, 1.807) is 23.1 Å². The summed E-state index contributed by atoms with van der Waals surface area (Å²) < 4.78 is 20.3. The standard InChI is InChI=1S/C27H39FN6O4/c1-38-22(18-28)19-33(15-3-2-7-21-9-8-20-6-4-13-29-24(20)31-21)17-10-23(25(35)36)32-26(37)27(11-12-27)34-16-5-14-30-34/h5,8-9,14,16,22-23H,2-4,6-7,10-13,15,17-19H2,1H3,(H,29,31)(H,32,37)(H,35,36)/t22-,23+/m1/s1. The topological polar surface area (TPSA) is 122 Å². The molecule has 1 aliphatic carbocycles. The van der Waals surface area contributed by atoms with Crippen molar-refractivity contribution < 1.29 is 23.8 Å². The van der Waals surface area contributed by atoms with Crippen LogP contribution >= 0.6 is 0 Å². The third-order valence-electron chi connectivity index (χ3n) is 7.50. The van der Waals surface area contributed by atoms with E-state index in [1.165, 1.54) is 12.7 Å². The Balaban J connectivity index is 1.29. The number of rotatable bonds is 16. The smallest absolute Gasteiger partial charge is 0.326 e. The third-order valence-corrected chi connectivity index (χ3v) is 7.50. The first-order valence-electron chi connectivity index (χ1n) is 13.5. The number of nitrogens with one attached hydrogen (secondary N) is 2. The Hall–Kier alpha value is -3.05. The normalized spacial score (nSPS) is 17.3. The number of carboxylic acid groups (broad SMARTS) is 1. The minimum Gasteiger partial charge on any atom is -0.480 e. The van der Waals surface area contributed by atoms with Gasteiger partial charge in [0.15, 0.2) is 0 Å². The Kier molecular flexibility index (Phi) is 9.68. The van der Waals surface area contributed by atoms with Crippen molar-refractivity contribution in [3.05, 3.63) is 41.9 Å². The number of carbonyl (C=O) groups excluding carboxylic acids is 1. The number of anilines is 1. The van der Waals surface area contributed by atoms with E-state index in [4.69, 9.17) is 9.72 Å². The number of aromatic nitrogens is 3. The summed E-state index contributed by atoms with van der Waals surface area (Å²) in [6.07, 6.45) is 8.97. The van der Waals surface area contributed by atoms with Gasteiger partial charge < -0.3 is 25.4 Å². The van der Waals surface area contributed by atoms with Crippen molar-refractivity contribution in [1.82, 2.24) is 25.0 Å². The van der Waals surface area contributed by atoms with E-state index in [0.29, 0.717) is 32.5 Å². The molecule has 10 nitrogen and oxygen atoms in total. The predicted octanol–water partition coefficient (Wildman–Crippen LogP) is 2.39. The van der Waals surface area contributed by atoms with Crippen molar-refractivity contribution in [3.8, 4) is 0 Å². The second-order valence-electron chi connectivity index (χ2n) is 10.2. The summed E-state index contributed by atoms with van der Waals surface area (Å²) in [5.41, 5.74) is 1.51. The van der Waals surface area contributed by atoms with Gasteiger partial charge in [0.05, 0.1) is 6.10 Å². The molecule has 11 heteroatoms. The molecule has 0 saturated heterocycles. The van der Waals surface area contributed by atoms with Crippen LogP contribution in [0.3, 0.4) is 0 Å². The fourth-order valence-corrected chi connectivity index (χ4v) is 4.98. The van der Waals surface area contributed by atoms with E-state index < -0.39 is 30.3 Å². The van der Waals surface area contributed by atoms with Crippen LogP contribution < -0.4 is 10.6 Å². The SMILES string of the molecule is CO[C@H](CF)CN(CCCCc1ccc2c(n1)NCCC2)CC[C@H](NC(=O)C1(n2cccn2)CC1)C(=O)O. The Morgan fingerprint density at radius 1 is 1.32 bits per heavy atom. The van der Waals surface area contributed by atoms with E-state index in [1.807, 2.05) is 4.90 Å². The first-order chi connectivity index (χ1) is 18.4. The van der Waals surface area contributed by atoms with Crippen LogP contribution in [0.5, 0.6) is 0 Å². The van der Waals surface area contributed by atoms with Crippen molar-refractivity contribution in [1.29, 1.82) is 0 Å². The Morgan fingerprint density at radius 2 is 2.16 bits per heavy atom. The molecule has 0 spiro atoms. The molecule has 0 unspecified atom stereocenters. The molecule has 2 aromatic heterocycles. The molecule has 0 radical (unpaired) electrons. The molecular formula is C27H39FN6O4. The van der Waals surface area contributed by atoms with Gasteiger partial charge in [0, 0.05) is 44.8 Å². The zero-order valence-electron chi connectivity index (χ0n) is 22.1. The van der Waals surface area contributed by atoms with Crippen LogP contribution in [0.1, 0.15) is 49.8 Å². The number of unbranched alkanes of at least 4 members (excludes halogenated alkanes) is 1. The second-order valence-corrected chi connectivity index (χ2v) is 10.2. The quantitative estimate of drug-likeness (QED) is 0.283. The van der Waals surface area contributed by atoms with Gasteiger partial charge in [-0.1, -0.05) is 6.07 Å². The average molecular weight is 531 g/mol. The number of carbonyl (C=O) groups is 2. The molecule has 1 saturated carbocycles. The molecule has 2 atom stereocenters. The molecule has 1 amide bonds. The van der Waals surface area contributed by atoms with Crippen LogP contribution in [0.4, 0.5) is 10.2 Å². The van der Waals surface area contributed by atoms with Crippen LogP contribution in [-0.4, -0.2) is 88.8 Å². The summed E-state index contributed by atoms with van der Waals surface area (Å²) in [5.74, 6) is -0.426. The number of aliphatic carboxylic acids is 1. The largest absolute Gasteiger partial charge is 0.480 e. The molecule has 4 rings (SSSR count). The van der Waals surface area contributed by atoms with Gasteiger partial charge in [0.1, 0.15) is 24.1 Å². The fourth-order valence-electron chi connectivity index (χ4n) is 4.98. The molecule has 2 aliphatic rings. The number of carboxylic acids is 1. The molecule has 0 bridgehead atoms. The number of pyridine rings is 1. The lowest BCUT2D eigenvalue weighted by molar-refractivity contribution is -0.143. The van der Waals surface area contributed by atoms with Crippen molar-refractivity contribution in [3.63, 3.8) is 0 Å². The van der Waals surface area contributed by atoms with Gasteiger partial charge in [0.2, 0.25) is 5.91 Å². The van der Waals surface area contributed by atoms with E-state index in [-0.39, 0.29) is 12.3 Å². The molecular weight excluding hydrogens is 491 g/mol. The molecule has 2 aromatic rings. The zero-order chi connectivity index (χ0) is 27.0. The molecule has 208 valence electrons. The number of nitrogens with zero attached hydrogens (tertiary/aromatic N) is 4. The lowest BCUT2D eigenvalue weighted by Gasteiger charge is -2.27. The monoisotopic (exact) mass is 530 g/mol. The van der Waals surface area contributed by atoms with Crippen molar-refractivity contribution in [2.75, 3.05) is 45.3 Å². The maximum atomic E-state index is 13.4. The maximum Gasteiger partial charge on any atom is 0.326 e. The van der Waals surface area contributed by atoms with Crippen molar-refractivity contribution in [2.45, 2.75) is 69.1 Å². The first kappa shape index (κ1) is 28.0. The lowest BCUT2D eigenvalue weighted by Crippen LogP contribution is -2.49. The summed E-state index contributed by atoms with van der Waals surface area (Å²) >= 11 is 0. The van der Waals surface area contributed by atoms with Gasteiger partial charge in [-0.2, -0.15) is 5.10 Å². The van der Waals surface area contributed by atoms with Gasteiger partial charge in [-0.3, -0.25) is 9.48 Å². The molecule has 3 heterocycles. The molecule has 1 fully saturated rings. The maximum absolute atomic E-state index is 13.4. The first-order valence-corrected chi connectivity index (χ1v) is 13.5. The van der Waals surface area contributed by atoms with Crippen LogP contribution in [0.2, 0.25) is 0 Å². The summed E-state index contributed by atoms with van der Waals surface area (Å²) in [6, 6.07) is 4.94. The highest BCUT2D eigenvalue weighted by Crippen LogP contribution is 2.43. The van der Waals surface area contributed by atoms with Crippen LogP contribution in [0.15, 0.2) is 30.6 Å². The van der Waals surface area contributed by atoms with E-state index in [9.17, 15) is 19.1 Å². The van der Waals surface area contributed by atoms with Gasteiger partial charge in [-0.15, -0.1) is 0 Å². The van der Waals surface area contributed by atoms with Crippen molar-refractivity contribution >= 4 is 17.7 Å². The lowest BCUT2D eigenvalue weighted by atomic mass is 10.1. The summed E-state index contributed by atoms with van der Waals surface area (Å²) in [7, 11) is 1.48. The number of fused-ring (bicyclic) bond motifs is 1. The van der Waals surface area contributed by atoms with E-state index in [2.05, 4.69) is 27.9 Å². The number of amides is 1. The van der Waals surface area contributed by atoms with Crippen LogP contribution in [0, 0.1) is 0 Å². The number of ether oxygens (including phenoxy) is 1. The number of methoxy groups -OCH3 is 1. The van der Waals surface area contributed by atoms with Gasteiger partial charge in [0.25, 0.3) is 0 Å². The summed E-state index contributed by atoms with van der Waals surface area (Å²) in [5, 5.41) is 20.1. The fraction of sp³-hybridized carbons (Fsp3) is 0.630. The summed E-state index contributed by atoms with van der Waals surface area (Å²) in [6.45, 7) is 1.75. The number of hydrogen-bond acceptors (Lipinski definition) is 7. The number of aryl methyl sites for hydroxylation is 2. The van der Waals surface area contributed by atoms with Gasteiger partial charge in [-0.25, -0.2) is 14.2 Å². The van der Waals surface area contributed by atoms with Crippen LogP contribution in [-0.2, 0) is 32.7 Å². The zero-order valence-corrected chi connectivity index (χ0v) is 22.1. The van der Waals surface area contributed by atoms with Crippen molar-refractivity contribution in [2.24, 2.45) is 0 Å². The number of hydrogen-bond donors (Lipinski definition) is 3. The van der Waals surface area contributed by atoms with E-state index in [0.717, 1.165) is 50.2 Å². The Bertz CT molecular complexity index is 1060. The van der Waals surface area contributed by atoms with E-state index >= 15 is 0 Å². The Morgan fingerprint density at radius 3 is 2.84 bits per heavy atom. The number of alkyl halides is 1. The minimum absolute atomic E-state index is 0.205. The average Bonchev–Trinajstić information content (AvgIpc) is 3.56. The Labute approximate surface area is 222 Å². The minimum atomic E-state index is -1.09. The highest BCUT2D eigenvalue weighted by molar-refractivity contribution is 5.90. The predicted molar refractivity (Wildman–Crippen MR) is 141 cm³/mol. The molecule has 0 aromatic carbocycles. The van der Waals surface area contributed by atoms with Crippen LogP contribution in [0.25, 0.3) is 0 Å². The number of halogens is 1. The molecule has 38 heavy (non-hydrogen) atoms. The molecule has 3 N–H and O–H groups in total. The highest BCUT2D eigenvalue weighted by atomic mass is 19.1. The van der Waals surface area contributed by atoms with Gasteiger partial charge >= 0.3 is 5.97 Å². The summed E-state index contributed by atoms with van der Waals surface area (Å²) in [4.78, 5) is 31.7. The van der Waals surface area contributed by atoms with Gasteiger partial charge in [-0.05, 0) is 75.6 Å². The molecule has 1 aliphatic heterocycles. The third kappa shape index (κ3) is 7.08. The second kappa shape index (κ2) is 13.1.